The molecule has 3 heteroatoms. The van der Waals surface area contributed by atoms with E-state index < -0.39 is 0 Å². The fourth-order valence-corrected chi connectivity index (χ4v) is 8.23. The number of rotatable bonds is 3. The van der Waals surface area contributed by atoms with Crippen LogP contribution in [0.2, 0.25) is 0 Å². The second-order valence-corrected chi connectivity index (χ2v) is 12.9. The lowest BCUT2D eigenvalue weighted by molar-refractivity contribution is 1.13. The molecule has 0 saturated carbocycles. The van der Waals surface area contributed by atoms with Gasteiger partial charge in [0.1, 0.15) is 0 Å². The van der Waals surface area contributed by atoms with Crippen LogP contribution in [0.5, 0.6) is 0 Å². The van der Waals surface area contributed by atoms with Gasteiger partial charge in [-0.25, -0.2) is 0 Å². The maximum absolute atomic E-state index is 2.42. The Morgan fingerprint density at radius 3 is 2.00 bits per heavy atom. The number of fused-ring (bicyclic) bond motifs is 8. The third-order valence-electron chi connectivity index (χ3n) is 9.33. The van der Waals surface area contributed by atoms with Crippen molar-refractivity contribution in [3.05, 3.63) is 158 Å². The molecule has 3 aromatic heterocycles. The molecular weight excluding hydrogens is 565 g/mol. The van der Waals surface area contributed by atoms with Crippen molar-refractivity contribution in [2.45, 2.75) is 0 Å². The number of aromatic nitrogens is 2. The summed E-state index contributed by atoms with van der Waals surface area (Å²) < 4.78 is 7.41. The SMILES string of the molecule is c1ccc2cc(-n3c4ccccc4c4ccc(-c5ccc6ccn(-c7ccc8sc9ccccc9c8c7)c6c5)cc43)ccc2c1. The zero-order valence-corrected chi connectivity index (χ0v) is 25.1. The van der Waals surface area contributed by atoms with Crippen LogP contribution in [0.1, 0.15) is 0 Å². The molecule has 0 aliphatic carbocycles. The van der Waals surface area contributed by atoms with E-state index in [4.69, 9.17) is 0 Å². The fourth-order valence-electron chi connectivity index (χ4n) is 7.14. The highest BCUT2D eigenvalue weighted by atomic mass is 32.1. The summed E-state index contributed by atoms with van der Waals surface area (Å²) in [6.07, 6.45) is 2.20. The molecule has 0 unspecified atom stereocenters. The number of hydrogen-bond donors (Lipinski definition) is 0. The van der Waals surface area contributed by atoms with Gasteiger partial charge in [-0.1, -0.05) is 91.0 Å². The molecule has 0 fully saturated rings. The summed E-state index contributed by atoms with van der Waals surface area (Å²) in [5.74, 6) is 0. The Morgan fingerprint density at radius 1 is 0.378 bits per heavy atom. The van der Waals surface area contributed by atoms with Crippen molar-refractivity contribution < 1.29 is 0 Å². The minimum absolute atomic E-state index is 1.18. The monoisotopic (exact) mass is 590 g/mol. The summed E-state index contributed by atoms with van der Waals surface area (Å²) in [4.78, 5) is 0. The Labute approximate surface area is 263 Å². The maximum Gasteiger partial charge on any atom is 0.0547 e. The predicted molar refractivity (Wildman–Crippen MR) is 193 cm³/mol. The summed E-state index contributed by atoms with van der Waals surface area (Å²) in [7, 11) is 0. The van der Waals surface area contributed by atoms with E-state index in [0.29, 0.717) is 0 Å². The topological polar surface area (TPSA) is 9.86 Å². The zero-order chi connectivity index (χ0) is 29.5. The highest BCUT2D eigenvalue weighted by molar-refractivity contribution is 7.25. The van der Waals surface area contributed by atoms with Gasteiger partial charge < -0.3 is 9.13 Å². The molecular formula is C42H26N2S. The third-order valence-corrected chi connectivity index (χ3v) is 10.5. The lowest BCUT2D eigenvalue weighted by Gasteiger charge is -2.11. The molecule has 0 atom stereocenters. The number of benzene rings is 7. The molecule has 7 aromatic carbocycles. The predicted octanol–water partition coefficient (Wildman–Crippen LogP) is 11.9. The quantitative estimate of drug-likeness (QED) is 0.194. The van der Waals surface area contributed by atoms with E-state index in [1.54, 1.807) is 0 Å². The molecule has 0 spiro atoms. The molecule has 0 radical (unpaired) electrons. The van der Waals surface area contributed by atoms with Crippen molar-refractivity contribution in [1.82, 2.24) is 9.13 Å². The van der Waals surface area contributed by atoms with Crippen LogP contribution in [-0.2, 0) is 0 Å². The second-order valence-electron chi connectivity index (χ2n) is 11.9. The molecule has 45 heavy (non-hydrogen) atoms. The molecule has 0 N–H and O–H groups in total. The van der Waals surface area contributed by atoms with Gasteiger partial charge in [-0.3, -0.25) is 0 Å². The first-order valence-electron chi connectivity index (χ1n) is 15.3. The first-order chi connectivity index (χ1) is 22.3. The average Bonchev–Trinajstić information content (AvgIpc) is 3.79. The van der Waals surface area contributed by atoms with Crippen LogP contribution in [0.3, 0.4) is 0 Å². The Bertz CT molecular complexity index is 2770. The van der Waals surface area contributed by atoms with Crippen LogP contribution in [-0.4, -0.2) is 9.13 Å². The lowest BCUT2D eigenvalue weighted by atomic mass is 10.0. The van der Waals surface area contributed by atoms with Crippen molar-refractivity contribution >= 4 is 75.0 Å². The number of hydrogen-bond acceptors (Lipinski definition) is 1. The Balaban J connectivity index is 1.15. The average molecular weight is 591 g/mol. The summed E-state index contributed by atoms with van der Waals surface area (Å²) in [5.41, 5.74) is 8.43. The van der Waals surface area contributed by atoms with Gasteiger partial charge in [0.2, 0.25) is 0 Å². The van der Waals surface area contributed by atoms with Gasteiger partial charge in [0.15, 0.2) is 0 Å². The van der Waals surface area contributed by atoms with E-state index in [1.165, 1.54) is 86.2 Å². The fraction of sp³-hybridized carbons (Fsp3) is 0. The minimum atomic E-state index is 1.18. The van der Waals surface area contributed by atoms with E-state index in [2.05, 4.69) is 167 Å². The molecule has 10 aromatic rings. The number of nitrogens with zero attached hydrogens (tertiary/aromatic N) is 2. The summed E-state index contributed by atoms with van der Waals surface area (Å²) in [6, 6.07) is 55.7. The van der Waals surface area contributed by atoms with Gasteiger partial charge >= 0.3 is 0 Å². The Morgan fingerprint density at radius 2 is 1.07 bits per heavy atom. The van der Waals surface area contributed by atoms with Crippen LogP contribution in [0.25, 0.3) is 86.2 Å². The standard InChI is InChI=1S/C42H26N2S/c1-2-8-29-23-33(17-15-27(29)7-1)44-38-11-5-3-9-34(38)35-19-16-31(25-40(35)44)30-14-13-28-21-22-43(39(28)24-30)32-18-20-42-37(26-32)36-10-4-6-12-41(36)45-42/h1-26H. The Kier molecular flexibility index (Phi) is 5.19. The van der Waals surface area contributed by atoms with Gasteiger partial charge in [0.25, 0.3) is 0 Å². The normalized spacial score (nSPS) is 12.0. The minimum Gasteiger partial charge on any atom is -0.317 e. The van der Waals surface area contributed by atoms with E-state index >= 15 is 0 Å². The van der Waals surface area contributed by atoms with Crippen molar-refractivity contribution in [2.75, 3.05) is 0 Å². The summed E-state index contributed by atoms with van der Waals surface area (Å²) >= 11 is 1.86. The van der Waals surface area contributed by atoms with Gasteiger partial charge in [0, 0.05) is 48.5 Å². The Hall–Kier alpha value is -5.64. The summed E-state index contributed by atoms with van der Waals surface area (Å²) in [5, 5.41) is 8.92. The van der Waals surface area contributed by atoms with Gasteiger partial charge in [-0.2, -0.15) is 0 Å². The van der Waals surface area contributed by atoms with Crippen LogP contribution in [0.4, 0.5) is 0 Å². The summed E-state index contributed by atoms with van der Waals surface area (Å²) in [6.45, 7) is 0. The zero-order valence-electron chi connectivity index (χ0n) is 24.3. The van der Waals surface area contributed by atoms with Gasteiger partial charge in [-0.05, 0) is 87.9 Å². The molecule has 2 nitrogen and oxygen atoms in total. The highest BCUT2D eigenvalue weighted by Crippen LogP contribution is 2.38. The van der Waals surface area contributed by atoms with E-state index in [0.717, 1.165) is 0 Å². The number of para-hydroxylation sites is 1. The van der Waals surface area contributed by atoms with Crippen LogP contribution in [0.15, 0.2) is 158 Å². The van der Waals surface area contributed by atoms with Gasteiger partial charge in [0.05, 0.1) is 16.6 Å². The van der Waals surface area contributed by atoms with Crippen LogP contribution >= 0.6 is 11.3 Å². The molecule has 3 heterocycles. The molecule has 210 valence electrons. The van der Waals surface area contributed by atoms with E-state index in [-0.39, 0.29) is 0 Å². The van der Waals surface area contributed by atoms with E-state index in [1.807, 2.05) is 11.3 Å². The van der Waals surface area contributed by atoms with Crippen molar-refractivity contribution in [3.63, 3.8) is 0 Å². The molecule has 10 rings (SSSR count). The van der Waals surface area contributed by atoms with Crippen molar-refractivity contribution in [2.24, 2.45) is 0 Å². The molecule has 0 saturated heterocycles. The second kappa shape index (κ2) is 9.43. The molecule has 0 bridgehead atoms. The molecule has 0 aliphatic rings. The lowest BCUT2D eigenvalue weighted by Crippen LogP contribution is -1.94. The molecule has 0 aliphatic heterocycles. The van der Waals surface area contributed by atoms with Crippen molar-refractivity contribution in [3.8, 4) is 22.5 Å². The van der Waals surface area contributed by atoms with E-state index in [9.17, 15) is 0 Å². The maximum atomic E-state index is 2.42. The highest BCUT2D eigenvalue weighted by Gasteiger charge is 2.15. The van der Waals surface area contributed by atoms with Crippen molar-refractivity contribution in [1.29, 1.82) is 0 Å². The third kappa shape index (κ3) is 3.75. The first kappa shape index (κ1) is 24.8. The smallest absolute Gasteiger partial charge is 0.0547 e. The first-order valence-corrected chi connectivity index (χ1v) is 16.2. The molecule has 0 amide bonds. The van der Waals surface area contributed by atoms with Crippen LogP contribution < -0.4 is 0 Å². The largest absolute Gasteiger partial charge is 0.317 e. The number of thiophene rings is 1. The van der Waals surface area contributed by atoms with Gasteiger partial charge in [-0.15, -0.1) is 11.3 Å². The van der Waals surface area contributed by atoms with Crippen LogP contribution in [0, 0.1) is 0 Å².